The molecule has 0 spiro atoms. The lowest BCUT2D eigenvalue weighted by atomic mass is 10.0. The Labute approximate surface area is 190 Å². The predicted molar refractivity (Wildman–Crippen MR) is 129 cm³/mol. The summed E-state index contributed by atoms with van der Waals surface area (Å²) in [6.45, 7) is 5.96. The van der Waals surface area contributed by atoms with Crippen LogP contribution in [0.1, 0.15) is 36.1 Å². The van der Waals surface area contributed by atoms with Crippen molar-refractivity contribution >= 4 is 21.6 Å². The Morgan fingerprint density at radius 3 is 2.00 bits per heavy atom. The number of hydrogen-bond donors (Lipinski definition) is 2. The van der Waals surface area contributed by atoms with Crippen molar-refractivity contribution in [2.45, 2.75) is 51.0 Å². The first-order valence-corrected chi connectivity index (χ1v) is 12.4. The molecule has 0 aromatic heterocycles. The number of aryl methyl sites for hydroxylation is 3. The Balaban J connectivity index is 1.92. The van der Waals surface area contributed by atoms with Gasteiger partial charge in [-0.1, -0.05) is 80.1 Å². The summed E-state index contributed by atoms with van der Waals surface area (Å²) >= 11 is 0. The molecular formula is C26H30N2O3S. The molecule has 2 N–H and O–H groups in total. The molecule has 3 aromatic carbocycles. The van der Waals surface area contributed by atoms with Gasteiger partial charge in [-0.3, -0.25) is 4.79 Å². The number of nitrogens with one attached hydrogen (secondary N) is 2. The molecule has 0 saturated heterocycles. The molecule has 0 radical (unpaired) electrons. The highest BCUT2D eigenvalue weighted by Gasteiger charge is 2.27. The summed E-state index contributed by atoms with van der Waals surface area (Å²) < 4.78 is 28.7. The highest BCUT2D eigenvalue weighted by Crippen LogP contribution is 2.23. The number of rotatable bonds is 9. The molecule has 0 aliphatic heterocycles. The van der Waals surface area contributed by atoms with Crippen molar-refractivity contribution in [2.75, 3.05) is 5.32 Å². The summed E-state index contributed by atoms with van der Waals surface area (Å²) in [7, 11) is -3.88. The van der Waals surface area contributed by atoms with E-state index in [2.05, 4.69) is 10.0 Å². The number of carbonyl (C=O) groups excluding carboxylic acids is 1. The Hall–Kier alpha value is -2.96. The van der Waals surface area contributed by atoms with E-state index in [4.69, 9.17) is 0 Å². The standard InChI is InChI=1S/C26H30N2O3S/c1-4-21-12-9-13-22(5-2)25(21)27-26(29)24(18-20-10-7-6-8-11-20)28-32(30,31)23-16-14-19(3)15-17-23/h6-17,24,28H,4-5,18H2,1-3H3,(H,27,29)/t24-/m1/s1. The molecule has 0 aliphatic carbocycles. The van der Waals surface area contributed by atoms with Gasteiger partial charge in [-0.2, -0.15) is 4.72 Å². The smallest absolute Gasteiger partial charge is 0.242 e. The number of sulfonamides is 1. The fourth-order valence-electron chi connectivity index (χ4n) is 3.62. The molecule has 0 bridgehead atoms. The van der Waals surface area contributed by atoms with Crippen LogP contribution >= 0.6 is 0 Å². The van der Waals surface area contributed by atoms with Gasteiger partial charge in [0.25, 0.3) is 0 Å². The van der Waals surface area contributed by atoms with E-state index in [1.807, 2.05) is 69.3 Å². The van der Waals surface area contributed by atoms with Crippen molar-refractivity contribution in [1.29, 1.82) is 0 Å². The van der Waals surface area contributed by atoms with Gasteiger partial charge in [-0.25, -0.2) is 8.42 Å². The molecule has 5 nitrogen and oxygen atoms in total. The monoisotopic (exact) mass is 450 g/mol. The fourth-order valence-corrected chi connectivity index (χ4v) is 4.82. The van der Waals surface area contributed by atoms with Crippen molar-refractivity contribution in [3.63, 3.8) is 0 Å². The molecule has 32 heavy (non-hydrogen) atoms. The summed E-state index contributed by atoms with van der Waals surface area (Å²) in [5.41, 5.74) is 4.66. The van der Waals surface area contributed by atoms with Crippen molar-refractivity contribution < 1.29 is 13.2 Å². The van der Waals surface area contributed by atoms with Crippen LogP contribution in [0, 0.1) is 6.92 Å². The molecule has 168 valence electrons. The van der Waals surface area contributed by atoms with Crippen molar-refractivity contribution in [3.05, 3.63) is 95.1 Å². The van der Waals surface area contributed by atoms with Crippen LogP contribution in [0.4, 0.5) is 5.69 Å². The average molecular weight is 451 g/mol. The van der Waals surface area contributed by atoms with Gasteiger partial charge in [0, 0.05) is 5.69 Å². The normalized spacial score (nSPS) is 12.3. The van der Waals surface area contributed by atoms with Gasteiger partial charge < -0.3 is 5.32 Å². The molecule has 0 saturated carbocycles. The minimum atomic E-state index is -3.88. The third kappa shape index (κ3) is 5.84. The zero-order valence-corrected chi connectivity index (χ0v) is 19.6. The van der Waals surface area contributed by atoms with Gasteiger partial charge in [0.2, 0.25) is 15.9 Å². The molecule has 0 heterocycles. The quantitative estimate of drug-likeness (QED) is 0.498. The maximum atomic E-state index is 13.4. The number of hydrogen-bond acceptors (Lipinski definition) is 3. The molecule has 1 atom stereocenters. The lowest BCUT2D eigenvalue weighted by Crippen LogP contribution is -2.45. The van der Waals surface area contributed by atoms with E-state index in [9.17, 15) is 13.2 Å². The molecule has 0 unspecified atom stereocenters. The second-order valence-corrected chi connectivity index (χ2v) is 9.54. The van der Waals surface area contributed by atoms with Crippen LogP contribution in [0.15, 0.2) is 77.7 Å². The molecule has 3 rings (SSSR count). The van der Waals surface area contributed by atoms with Gasteiger partial charge >= 0.3 is 0 Å². The minimum Gasteiger partial charge on any atom is -0.324 e. The summed E-state index contributed by atoms with van der Waals surface area (Å²) in [5, 5.41) is 3.02. The molecule has 0 fully saturated rings. The van der Waals surface area contributed by atoms with E-state index in [0.717, 1.165) is 40.8 Å². The zero-order chi connectivity index (χ0) is 23.1. The van der Waals surface area contributed by atoms with Crippen molar-refractivity contribution in [3.8, 4) is 0 Å². The van der Waals surface area contributed by atoms with Crippen molar-refractivity contribution in [1.82, 2.24) is 4.72 Å². The SMILES string of the molecule is CCc1cccc(CC)c1NC(=O)[C@@H](Cc1ccccc1)NS(=O)(=O)c1ccc(C)cc1. The second-order valence-electron chi connectivity index (χ2n) is 7.82. The highest BCUT2D eigenvalue weighted by atomic mass is 32.2. The van der Waals surface area contributed by atoms with Crippen LogP contribution in [-0.4, -0.2) is 20.4 Å². The number of amides is 1. The van der Waals surface area contributed by atoms with Gasteiger partial charge in [-0.05, 0) is 55.0 Å². The van der Waals surface area contributed by atoms with E-state index in [0.29, 0.717) is 0 Å². The number of anilines is 1. The van der Waals surface area contributed by atoms with E-state index < -0.39 is 16.1 Å². The third-order valence-electron chi connectivity index (χ3n) is 5.47. The topological polar surface area (TPSA) is 75.3 Å². The molecule has 6 heteroatoms. The third-order valence-corrected chi connectivity index (χ3v) is 6.96. The van der Waals surface area contributed by atoms with E-state index in [1.54, 1.807) is 24.3 Å². The lowest BCUT2D eigenvalue weighted by molar-refractivity contribution is -0.117. The molecular weight excluding hydrogens is 420 g/mol. The van der Waals surface area contributed by atoms with E-state index >= 15 is 0 Å². The van der Waals surface area contributed by atoms with Crippen LogP contribution in [0.2, 0.25) is 0 Å². The summed E-state index contributed by atoms with van der Waals surface area (Å²) in [6, 6.07) is 21.0. The molecule has 1 amide bonds. The Bertz CT molecular complexity index is 1140. The van der Waals surface area contributed by atoms with Crippen molar-refractivity contribution in [2.24, 2.45) is 0 Å². The van der Waals surface area contributed by atoms with Crippen LogP contribution in [0.25, 0.3) is 0 Å². The Kier molecular flexibility index (Phi) is 7.83. The van der Waals surface area contributed by atoms with Gasteiger partial charge in [-0.15, -0.1) is 0 Å². The van der Waals surface area contributed by atoms with Gasteiger partial charge in [0.1, 0.15) is 6.04 Å². The Morgan fingerprint density at radius 2 is 1.44 bits per heavy atom. The highest BCUT2D eigenvalue weighted by molar-refractivity contribution is 7.89. The first kappa shape index (κ1) is 23.7. The first-order chi connectivity index (χ1) is 15.3. The van der Waals surface area contributed by atoms with Crippen LogP contribution < -0.4 is 10.0 Å². The summed E-state index contributed by atoms with van der Waals surface area (Å²) in [6.07, 6.45) is 1.78. The minimum absolute atomic E-state index is 0.136. The van der Waals surface area contributed by atoms with Gasteiger partial charge in [0.05, 0.1) is 4.90 Å². The average Bonchev–Trinajstić information content (AvgIpc) is 2.79. The number of para-hydroxylation sites is 1. The molecule has 0 aliphatic rings. The number of carbonyl (C=O) groups is 1. The predicted octanol–water partition coefficient (Wildman–Crippen LogP) is 4.65. The molecule has 3 aromatic rings. The van der Waals surface area contributed by atoms with Crippen LogP contribution in [0.5, 0.6) is 0 Å². The summed E-state index contributed by atoms with van der Waals surface area (Å²) in [5.74, 6) is -0.375. The zero-order valence-electron chi connectivity index (χ0n) is 18.8. The maximum Gasteiger partial charge on any atom is 0.242 e. The largest absolute Gasteiger partial charge is 0.324 e. The second kappa shape index (κ2) is 10.6. The van der Waals surface area contributed by atoms with Crippen LogP contribution in [0.3, 0.4) is 0 Å². The van der Waals surface area contributed by atoms with E-state index in [1.165, 1.54) is 0 Å². The van der Waals surface area contributed by atoms with Gasteiger partial charge in [0.15, 0.2) is 0 Å². The van der Waals surface area contributed by atoms with Crippen LogP contribution in [-0.2, 0) is 34.1 Å². The Morgan fingerprint density at radius 1 is 0.844 bits per heavy atom. The van der Waals surface area contributed by atoms with E-state index in [-0.39, 0.29) is 17.2 Å². The fraction of sp³-hybridized carbons (Fsp3) is 0.269. The summed E-state index contributed by atoms with van der Waals surface area (Å²) in [4.78, 5) is 13.5. The number of benzene rings is 3. The first-order valence-electron chi connectivity index (χ1n) is 10.9. The maximum absolute atomic E-state index is 13.4. The lowest BCUT2D eigenvalue weighted by Gasteiger charge is -2.21.